The van der Waals surface area contributed by atoms with Gasteiger partial charge in [-0.15, -0.1) is 0 Å². The van der Waals surface area contributed by atoms with Gasteiger partial charge in [-0.1, -0.05) is 24.3 Å². The van der Waals surface area contributed by atoms with Gasteiger partial charge in [-0.3, -0.25) is 4.90 Å². The third-order valence-corrected chi connectivity index (χ3v) is 4.34. The molecule has 18 heavy (non-hydrogen) atoms. The van der Waals surface area contributed by atoms with Gasteiger partial charge < -0.3 is 10.5 Å². The second kappa shape index (κ2) is 5.00. The van der Waals surface area contributed by atoms with Crippen LogP contribution in [0.3, 0.4) is 0 Å². The molecule has 1 saturated heterocycles. The van der Waals surface area contributed by atoms with Crippen LogP contribution in [0.5, 0.6) is 0 Å². The molecule has 0 amide bonds. The summed E-state index contributed by atoms with van der Waals surface area (Å²) in [5.74, 6) is 0. The Morgan fingerprint density at radius 2 is 2.22 bits per heavy atom. The molecule has 0 spiro atoms. The first kappa shape index (κ1) is 12.2. The van der Waals surface area contributed by atoms with Gasteiger partial charge in [0.25, 0.3) is 0 Å². The van der Waals surface area contributed by atoms with Gasteiger partial charge in [-0.2, -0.15) is 0 Å². The van der Waals surface area contributed by atoms with Crippen molar-refractivity contribution in [3.63, 3.8) is 0 Å². The fourth-order valence-electron chi connectivity index (χ4n) is 3.28. The summed E-state index contributed by atoms with van der Waals surface area (Å²) in [6, 6.07) is 9.13. The van der Waals surface area contributed by atoms with Crippen LogP contribution in [0.15, 0.2) is 24.3 Å². The van der Waals surface area contributed by atoms with E-state index in [1.807, 2.05) is 0 Å². The monoisotopic (exact) mass is 246 g/mol. The van der Waals surface area contributed by atoms with Gasteiger partial charge in [0.2, 0.25) is 0 Å². The Kier molecular flexibility index (Phi) is 3.37. The molecule has 2 N–H and O–H groups in total. The van der Waals surface area contributed by atoms with Gasteiger partial charge in [-0.25, -0.2) is 0 Å². The molecule has 3 unspecified atom stereocenters. The molecule has 0 aromatic heterocycles. The van der Waals surface area contributed by atoms with Crippen LogP contribution < -0.4 is 5.73 Å². The molecule has 3 nitrogen and oxygen atoms in total. The van der Waals surface area contributed by atoms with Crippen molar-refractivity contribution in [2.75, 3.05) is 20.2 Å². The molecule has 98 valence electrons. The van der Waals surface area contributed by atoms with E-state index in [-0.39, 0.29) is 6.04 Å². The lowest BCUT2D eigenvalue weighted by Crippen LogP contribution is -2.42. The first-order valence-corrected chi connectivity index (χ1v) is 6.91. The lowest BCUT2D eigenvalue weighted by atomic mass is 10.1. The van der Waals surface area contributed by atoms with Crippen LogP contribution in [0.4, 0.5) is 0 Å². The van der Waals surface area contributed by atoms with Crippen molar-refractivity contribution >= 4 is 0 Å². The minimum Gasteiger partial charge on any atom is -0.377 e. The number of benzene rings is 1. The molecule has 3 heteroatoms. The lowest BCUT2D eigenvalue weighted by molar-refractivity contribution is 0.0654. The Morgan fingerprint density at radius 1 is 1.39 bits per heavy atom. The van der Waals surface area contributed by atoms with Gasteiger partial charge in [0.15, 0.2) is 0 Å². The highest BCUT2D eigenvalue weighted by molar-refractivity contribution is 5.36. The lowest BCUT2D eigenvalue weighted by Gasteiger charge is -2.29. The summed E-state index contributed by atoms with van der Waals surface area (Å²) in [6.07, 6.45) is 3.88. The van der Waals surface area contributed by atoms with Crippen molar-refractivity contribution in [3.8, 4) is 0 Å². The Bertz CT molecular complexity index is 415. The first-order chi connectivity index (χ1) is 8.75. The van der Waals surface area contributed by atoms with Crippen molar-refractivity contribution in [2.45, 2.75) is 37.5 Å². The molecule has 3 atom stereocenters. The summed E-state index contributed by atoms with van der Waals surface area (Å²) < 4.78 is 5.71. The summed E-state index contributed by atoms with van der Waals surface area (Å²) in [5.41, 5.74) is 9.12. The quantitative estimate of drug-likeness (QED) is 0.882. The summed E-state index contributed by atoms with van der Waals surface area (Å²) in [4.78, 5) is 2.39. The average Bonchev–Trinajstić information content (AvgIpc) is 2.98. The van der Waals surface area contributed by atoms with Crippen molar-refractivity contribution in [1.29, 1.82) is 0 Å². The Balaban J connectivity index is 1.67. The highest BCUT2D eigenvalue weighted by Gasteiger charge is 2.33. The van der Waals surface area contributed by atoms with E-state index in [1.54, 1.807) is 0 Å². The van der Waals surface area contributed by atoms with Crippen LogP contribution in [0.2, 0.25) is 0 Å². The number of hydrogen-bond donors (Lipinski definition) is 1. The molecule has 2 aliphatic rings. The standard InChI is InChI=1S/C15H22N2O/c1-17(10-12-6-4-8-18-12)14-9-11-5-2-3-7-13(11)15(14)16/h2-3,5,7,12,14-15H,4,6,8-10,16H2,1H3. The fourth-order valence-corrected chi connectivity index (χ4v) is 3.28. The Morgan fingerprint density at radius 3 is 2.94 bits per heavy atom. The molecule has 1 aliphatic carbocycles. The number of ether oxygens (including phenoxy) is 1. The third kappa shape index (κ3) is 2.18. The molecule has 1 aromatic rings. The van der Waals surface area contributed by atoms with Crippen LogP contribution in [0, 0.1) is 0 Å². The molecule has 1 aliphatic heterocycles. The number of hydrogen-bond acceptors (Lipinski definition) is 3. The van der Waals surface area contributed by atoms with Crippen LogP contribution >= 0.6 is 0 Å². The predicted octanol–water partition coefficient (Wildman–Crippen LogP) is 1.72. The van der Waals surface area contributed by atoms with Gasteiger partial charge in [-0.05, 0) is 37.4 Å². The van der Waals surface area contributed by atoms with Gasteiger partial charge >= 0.3 is 0 Å². The fraction of sp³-hybridized carbons (Fsp3) is 0.600. The molecular weight excluding hydrogens is 224 g/mol. The molecule has 1 fully saturated rings. The van der Waals surface area contributed by atoms with E-state index in [9.17, 15) is 0 Å². The summed E-state index contributed by atoms with van der Waals surface area (Å²) >= 11 is 0. The normalized spacial score (nSPS) is 30.9. The highest BCUT2D eigenvalue weighted by atomic mass is 16.5. The Labute approximate surface area is 109 Å². The SMILES string of the molecule is CN(CC1CCCO1)C1Cc2ccccc2C1N. The van der Waals surface area contributed by atoms with Crippen LogP contribution in [-0.2, 0) is 11.2 Å². The van der Waals surface area contributed by atoms with E-state index in [0.29, 0.717) is 12.1 Å². The second-order valence-electron chi connectivity index (χ2n) is 5.57. The molecule has 1 aromatic carbocycles. The molecule has 3 rings (SSSR count). The number of nitrogens with two attached hydrogens (primary N) is 1. The van der Waals surface area contributed by atoms with E-state index in [1.165, 1.54) is 24.0 Å². The minimum atomic E-state index is 0.146. The van der Waals surface area contributed by atoms with Crippen molar-refractivity contribution in [1.82, 2.24) is 4.90 Å². The Hall–Kier alpha value is -0.900. The number of likely N-dealkylation sites (N-methyl/N-ethyl adjacent to an activating group) is 1. The van der Waals surface area contributed by atoms with Gasteiger partial charge in [0.05, 0.1) is 6.10 Å². The zero-order valence-corrected chi connectivity index (χ0v) is 11.0. The smallest absolute Gasteiger partial charge is 0.0702 e. The zero-order valence-electron chi connectivity index (χ0n) is 11.0. The van der Waals surface area contributed by atoms with Gasteiger partial charge in [0, 0.05) is 25.2 Å². The van der Waals surface area contributed by atoms with E-state index >= 15 is 0 Å². The number of nitrogens with zero attached hydrogens (tertiary/aromatic N) is 1. The van der Waals surface area contributed by atoms with E-state index in [2.05, 4.69) is 36.2 Å². The third-order valence-electron chi connectivity index (χ3n) is 4.34. The highest BCUT2D eigenvalue weighted by Crippen LogP contribution is 2.32. The second-order valence-corrected chi connectivity index (χ2v) is 5.57. The maximum Gasteiger partial charge on any atom is 0.0702 e. The molecule has 0 bridgehead atoms. The van der Waals surface area contributed by atoms with E-state index in [0.717, 1.165) is 19.6 Å². The topological polar surface area (TPSA) is 38.5 Å². The van der Waals surface area contributed by atoms with Crippen molar-refractivity contribution in [3.05, 3.63) is 35.4 Å². The summed E-state index contributed by atoms with van der Waals surface area (Å²) in [5, 5.41) is 0. The van der Waals surface area contributed by atoms with Crippen LogP contribution in [0.1, 0.15) is 30.0 Å². The number of rotatable bonds is 3. The van der Waals surface area contributed by atoms with Crippen molar-refractivity contribution in [2.24, 2.45) is 5.73 Å². The summed E-state index contributed by atoms with van der Waals surface area (Å²) in [7, 11) is 2.18. The van der Waals surface area contributed by atoms with Crippen molar-refractivity contribution < 1.29 is 4.74 Å². The zero-order chi connectivity index (χ0) is 12.5. The predicted molar refractivity (Wildman–Crippen MR) is 72.5 cm³/mol. The van der Waals surface area contributed by atoms with Gasteiger partial charge in [0.1, 0.15) is 0 Å². The van der Waals surface area contributed by atoms with E-state index in [4.69, 9.17) is 10.5 Å². The molecule has 0 saturated carbocycles. The van der Waals surface area contributed by atoms with Crippen LogP contribution in [-0.4, -0.2) is 37.2 Å². The number of fused-ring (bicyclic) bond motifs is 1. The first-order valence-electron chi connectivity index (χ1n) is 6.91. The average molecular weight is 246 g/mol. The molecular formula is C15H22N2O. The summed E-state index contributed by atoms with van der Waals surface area (Å²) in [6.45, 7) is 1.93. The minimum absolute atomic E-state index is 0.146. The molecule has 0 radical (unpaired) electrons. The maximum atomic E-state index is 6.38. The maximum absolute atomic E-state index is 6.38. The largest absolute Gasteiger partial charge is 0.377 e. The molecule has 1 heterocycles. The van der Waals surface area contributed by atoms with E-state index < -0.39 is 0 Å². The van der Waals surface area contributed by atoms with Crippen LogP contribution in [0.25, 0.3) is 0 Å².